The van der Waals surface area contributed by atoms with Gasteiger partial charge in [-0.15, -0.1) is 0 Å². The Balaban J connectivity index is 1.65. The molecule has 1 aliphatic rings. The number of ether oxygens (including phenoxy) is 2. The van der Waals surface area contributed by atoms with Crippen LogP contribution in [0.4, 0.5) is 0 Å². The molecule has 8 nitrogen and oxygen atoms in total. The molecular weight excluding hydrogens is 390 g/mol. The maximum atomic E-state index is 11.3. The van der Waals surface area contributed by atoms with Crippen LogP contribution >= 0.6 is 0 Å². The van der Waals surface area contributed by atoms with Gasteiger partial charge >= 0.3 is 11.9 Å². The van der Waals surface area contributed by atoms with Crippen LogP contribution in [0.2, 0.25) is 0 Å². The predicted molar refractivity (Wildman–Crippen MR) is 108 cm³/mol. The highest BCUT2D eigenvalue weighted by Gasteiger charge is 2.33. The Morgan fingerprint density at radius 2 is 1.90 bits per heavy atom. The van der Waals surface area contributed by atoms with Crippen LogP contribution in [0.3, 0.4) is 0 Å². The number of aliphatic hydroxyl groups excluding tert-OH is 1. The van der Waals surface area contributed by atoms with Gasteiger partial charge in [0.15, 0.2) is 11.5 Å². The van der Waals surface area contributed by atoms with Crippen LogP contribution in [0.1, 0.15) is 27.9 Å². The van der Waals surface area contributed by atoms with Crippen molar-refractivity contribution in [2.75, 3.05) is 20.2 Å². The third-order valence-electron chi connectivity index (χ3n) is 5.18. The molecule has 1 fully saturated rings. The van der Waals surface area contributed by atoms with Gasteiger partial charge in [0, 0.05) is 19.6 Å². The summed E-state index contributed by atoms with van der Waals surface area (Å²) in [6, 6.07) is 12.0. The summed E-state index contributed by atoms with van der Waals surface area (Å²) in [5.74, 6) is -1.70. The van der Waals surface area contributed by atoms with E-state index >= 15 is 0 Å². The van der Waals surface area contributed by atoms with Gasteiger partial charge in [-0.05, 0) is 41.8 Å². The molecule has 3 rings (SSSR count). The first-order valence-corrected chi connectivity index (χ1v) is 9.62. The van der Waals surface area contributed by atoms with E-state index in [0.29, 0.717) is 31.0 Å². The number of methoxy groups -OCH3 is 1. The molecule has 0 bridgehead atoms. The Morgan fingerprint density at radius 3 is 2.60 bits per heavy atom. The van der Waals surface area contributed by atoms with E-state index < -0.39 is 24.0 Å². The lowest BCUT2D eigenvalue weighted by Gasteiger charge is -2.34. The predicted octanol–water partition coefficient (Wildman–Crippen LogP) is 2.24. The molecule has 2 aromatic rings. The second kappa shape index (κ2) is 9.60. The van der Waals surface area contributed by atoms with E-state index in [1.165, 1.54) is 13.2 Å². The number of aliphatic hydroxyl groups is 1. The summed E-state index contributed by atoms with van der Waals surface area (Å²) in [7, 11) is 1.54. The standard InChI is InChI=1S/C22H25NO7/c1-29-20-10-14(11-23-8-7-18(24)17(12-23)22(27)28)5-6-19(20)30-13-15-3-2-4-16(9-15)21(25)26/h2-6,9-10,17-18,24H,7-8,11-13H2,1H3,(H,25,26)(H,27,28)/t17-,18-/m0/s1. The molecule has 0 saturated carbocycles. The Labute approximate surface area is 174 Å². The van der Waals surface area contributed by atoms with Gasteiger partial charge in [-0.25, -0.2) is 4.79 Å². The number of nitrogens with zero attached hydrogens (tertiary/aromatic N) is 1. The number of likely N-dealkylation sites (tertiary alicyclic amines) is 1. The van der Waals surface area contributed by atoms with Gasteiger partial charge in [-0.3, -0.25) is 9.69 Å². The quantitative estimate of drug-likeness (QED) is 0.601. The summed E-state index contributed by atoms with van der Waals surface area (Å²) in [5.41, 5.74) is 1.87. The Hall–Kier alpha value is -3.10. The van der Waals surface area contributed by atoms with Crippen LogP contribution in [-0.4, -0.2) is 58.5 Å². The zero-order valence-electron chi connectivity index (χ0n) is 16.7. The normalized spacial score (nSPS) is 19.3. The van der Waals surface area contributed by atoms with E-state index in [1.54, 1.807) is 24.3 Å². The molecule has 2 atom stereocenters. The Bertz CT molecular complexity index is 914. The van der Waals surface area contributed by atoms with Crippen LogP contribution < -0.4 is 9.47 Å². The van der Waals surface area contributed by atoms with Crippen molar-refractivity contribution < 1.29 is 34.4 Å². The van der Waals surface area contributed by atoms with Crippen molar-refractivity contribution in [1.29, 1.82) is 0 Å². The van der Waals surface area contributed by atoms with E-state index in [4.69, 9.17) is 14.6 Å². The monoisotopic (exact) mass is 415 g/mol. The number of carbonyl (C=O) groups is 2. The maximum absolute atomic E-state index is 11.3. The van der Waals surface area contributed by atoms with Crippen LogP contribution in [0.5, 0.6) is 11.5 Å². The van der Waals surface area contributed by atoms with Crippen molar-refractivity contribution in [3.05, 3.63) is 59.2 Å². The first kappa shape index (κ1) is 21.6. The second-order valence-electron chi connectivity index (χ2n) is 7.32. The number of piperidine rings is 1. The number of carboxylic acids is 2. The fraction of sp³-hybridized carbons (Fsp3) is 0.364. The molecule has 1 saturated heterocycles. The van der Waals surface area contributed by atoms with Crippen LogP contribution in [0.25, 0.3) is 0 Å². The maximum Gasteiger partial charge on any atom is 0.335 e. The highest BCUT2D eigenvalue weighted by atomic mass is 16.5. The van der Waals surface area contributed by atoms with Crippen molar-refractivity contribution in [2.24, 2.45) is 5.92 Å². The summed E-state index contributed by atoms with van der Waals surface area (Å²) in [6.07, 6.45) is -0.395. The first-order valence-electron chi connectivity index (χ1n) is 9.62. The van der Waals surface area contributed by atoms with Crippen LogP contribution in [0.15, 0.2) is 42.5 Å². The van der Waals surface area contributed by atoms with Gasteiger partial charge in [0.25, 0.3) is 0 Å². The van der Waals surface area contributed by atoms with E-state index in [2.05, 4.69) is 0 Å². The minimum Gasteiger partial charge on any atom is -0.493 e. The van der Waals surface area contributed by atoms with E-state index in [1.807, 2.05) is 17.0 Å². The van der Waals surface area contributed by atoms with Crippen molar-refractivity contribution in [1.82, 2.24) is 4.90 Å². The molecular formula is C22H25NO7. The third kappa shape index (κ3) is 5.28. The highest BCUT2D eigenvalue weighted by molar-refractivity contribution is 5.87. The minimum atomic E-state index is -0.992. The molecule has 0 radical (unpaired) electrons. The van der Waals surface area contributed by atoms with Gasteiger partial charge in [-0.1, -0.05) is 18.2 Å². The fourth-order valence-electron chi connectivity index (χ4n) is 3.54. The number of aliphatic carboxylic acids is 1. The molecule has 30 heavy (non-hydrogen) atoms. The molecule has 0 unspecified atom stereocenters. The molecule has 1 aliphatic heterocycles. The zero-order valence-corrected chi connectivity index (χ0v) is 16.7. The first-order chi connectivity index (χ1) is 14.4. The SMILES string of the molecule is COc1cc(CN2CC[C@H](O)[C@@H](C(=O)O)C2)ccc1OCc1cccc(C(=O)O)c1. The molecule has 1 heterocycles. The molecule has 0 aromatic heterocycles. The molecule has 0 aliphatic carbocycles. The molecule has 160 valence electrons. The lowest BCUT2D eigenvalue weighted by atomic mass is 9.94. The number of hydrogen-bond donors (Lipinski definition) is 3. The minimum absolute atomic E-state index is 0.196. The molecule has 0 spiro atoms. The summed E-state index contributed by atoms with van der Waals surface area (Å²) in [4.78, 5) is 24.4. The fourth-order valence-corrected chi connectivity index (χ4v) is 3.54. The van der Waals surface area contributed by atoms with Gasteiger partial charge in [0.1, 0.15) is 6.61 Å². The van der Waals surface area contributed by atoms with Crippen molar-refractivity contribution >= 4 is 11.9 Å². The molecule has 0 amide bonds. The molecule has 3 N–H and O–H groups in total. The van der Waals surface area contributed by atoms with Gasteiger partial charge < -0.3 is 24.8 Å². The van der Waals surface area contributed by atoms with E-state index in [9.17, 15) is 19.8 Å². The number of aromatic carboxylic acids is 1. The van der Waals surface area contributed by atoms with E-state index in [-0.39, 0.29) is 18.7 Å². The number of rotatable bonds is 8. The van der Waals surface area contributed by atoms with Gasteiger partial charge in [-0.2, -0.15) is 0 Å². The summed E-state index contributed by atoms with van der Waals surface area (Å²) >= 11 is 0. The lowest BCUT2D eigenvalue weighted by molar-refractivity contribution is -0.149. The van der Waals surface area contributed by atoms with E-state index in [0.717, 1.165) is 11.1 Å². The smallest absolute Gasteiger partial charge is 0.335 e. The average Bonchev–Trinajstić information content (AvgIpc) is 2.74. The van der Waals surface area contributed by atoms with Gasteiger partial charge in [0.05, 0.1) is 24.7 Å². The summed E-state index contributed by atoms with van der Waals surface area (Å²) in [6.45, 7) is 1.64. The van der Waals surface area contributed by atoms with Gasteiger partial charge in [0.2, 0.25) is 0 Å². The van der Waals surface area contributed by atoms with Crippen LogP contribution in [-0.2, 0) is 17.9 Å². The lowest BCUT2D eigenvalue weighted by Crippen LogP contribution is -2.46. The number of hydrogen-bond acceptors (Lipinski definition) is 6. The van der Waals surface area contributed by atoms with Crippen LogP contribution in [0, 0.1) is 5.92 Å². The Kier molecular flexibility index (Phi) is 6.91. The van der Waals surface area contributed by atoms with Crippen molar-refractivity contribution in [3.8, 4) is 11.5 Å². The zero-order chi connectivity index (χ0) is 21.7. The highest BCUT2D eigenvalue weighted by Crippen LogP contribution is 2.30. The summed E-state index contributed by atoms with van der Waals surface area (Å²) < 4.78 is 11.2. The second-order valence-corrected chi connectivity index (χ2v) is 7.32. The number of carboxylic acid groups (broad SMARTS) is 2. The molecule has 2 aromatic carbocycles. The third-order valence-corrected chi connectivity index (χ3v) is 5.18. The van der Waals surface area contributed by atoms with Crippen molar-refractivity contribution in [3.63, 3.8) is 0 Å². The number of benzene rings is 2. The van der Waals surface area contributed by atoms with Crippen molar-refractivity contribution in [2.45, 2.75) is 25.7 Å². The Morgan fingerprint density at radius 1 is 1.10 bits per heavy atom. The summed E-state index contributed by atoms with van der Waals surface area (Å²) in [5, 5.41) is 28.2. The average molecular weight is 415 g/mol. The molecule has 8 heteroatoms. The topological polar surface area (TPSA) is 117 Å². The largest absolute Gasteiger partial charge is 0.493 e.